The highest BCUT2D eigenvalue weighted by molar-refractivity contribution is 14.0. The van der Waals surface area contributed by atoms with Crippen molar-refractivity contribution in [3.05, 3.63) is 65.2 Å². The molecule has 1 heterocycles. The van der Waals surface area contributed by atoms with Gasteiger partial charge in [-0.05, 0) is 43.2 Å². The number of rotatable bonds is 6. The highest BCUT2D eigenvalue weighted by Crippen LogP contribution is 2.22. The Morgan fingerprint density at radius 3 is 2.52 bits per heavy atom. The molecule has 0 aromatic heterocycles. The van der Waals surface area contributed by atoms with Crippen LogP contribution in [0.15, 0.2) is 59.6 Å². The molecule has 2 aromatic rings. The van der Waals surface area contributed by atoms with Crippen molar-refractivity contribution >= 4 is 53.1 Å². The van der Waals surface area contributed by atoms with E-state index in [4.69, 9.17) is 11.6 Å². The van der Waals surface area contributed by atoms with Crippen LogP contribution in [-0.2, 0) is 4.79 Å². The fourth-order valence-corrected chi connectivity index (χ4v) is 3.54. The molecule has 31 heavy (non-hydrogen) atoms. The maximum Gasteiger partial charge on any atom is 0.243 e. The maximum absolute atomic E-state index is 12.0. The second-order valence-electron chi connectivity index (χ2n) is 7.78. The van der Waals surface area contributed by atoms with E-state index in [1.807, 2.05) is 42.5 Å². The minimum Gasteiger partial charge on any atom is -0.369 e. The van der Waals surface area contributed by atoms with Crippen molar-refractivity contribution in [2.45, 2.75) is 25.4 Å². The highest BCUT2D eigenvalue weighted by atomic mass is 127. The molecule has 0 spiro atoms. The third-order valence-corrected chi connectivity index (χ3v) is 5.50. The summed E-state index contributed by atoms with van der Waals surface area (Å²) in [5.41, 5.74) is 2.33. The Morgan fingerprint density at radius 2 is 1.87 bits per heavy atom. The van der Waals surface area contributed by atoms with Crippen molar-refractivity contribution < 1.29 is 4.79 Å². The van der Waals surface area contributed by atoms with Crippen LogP contribution in [-0.4, -0.2) is 56.5 Å². The quantitative estimate of drug-likeness (QED) is 0.322. The van der Waals surface area contributed by atoms with E-state index in [9.17, 15) is 4.79 Å². The lowest BCUT2D eigenvalue weighted by atomic mass is 10.1. The number of likely N-dealkylation sites (N-methyl/N-ethyl adjacent to an activating group) is 1. The number of anilines is 1. The van der Waals surface area contributed by atoms with Crippen LogP contribution in [0.3, 0.4) is 0 Å². The zero-order valence-corrected chi connectivity index (χ0v) is 21.3. The van der Waals surface area contributed by atoms with Crippen LogP contribution >= 0.6 is 35.6 Å². The Kier molecular flexibility index (Phi) is 9.90. The van der Waals surface area contributed by atoms with Crippen molar-refractivity contribution in [1.29, 1.82) is 0 Å². The van der Waals surface area contributed by atoms with E-state index in [1.165, 1.54) is 5.56 Å². The molecule has 1 aliphatic heterocycles. The molecule has 6 nitrogen and oxygen atoms in total. The molecule has 8 heteroatoms. The van der Waals surface area contributed by atoms with E-state index in [-0.39, 0.29) is 48.5 Å². The van der Waals surface area contributed by atoms with Gasteiger partial charge in [-0.1, -0.05) is 41.9 Å². The molecule has 0 aliphatic carbocycles. The Bertz CT molecular complexity index is 860. The third-order valence-electron chi connectivity index (χ3n) is 5.24. The fraction of sp³-hybridized carbons (Fsp3) is 0.391. The molecular weight excluding hydrogens is 525 g/mol. The molecule has 2 aromatic carbocycles. The molecule has 1 amide bonds. The van der Waals surface area contributed by atoms with Crippen molar-refractivity contribution in [1.82, 2.24) is 15.5 Å². The van der Waals surface area contributed by atoms with Gasteiger partial charge in [0.15, 0.2) is 5.96 Å². The van der Waals surface area contributed by atoms with Crippen molar-refractivity contribution in [3.8, 4) is 0 Å². The van der Waals surface area contributed by atoms with Gasteiger partial charge in [-0.3, -0.25) is 4.79 Å². The van der Waals surface area contributed by atoms with E-state index in [0.717, 1.165) is 30.2 Å². The zero-order chi connectivity index (χ0) is 21.5. The molecule has 0 bridgehead atoms. The summed E-state index contributed by atoms with van der Waals surface area (Å²) < 4.78 is 0. The Labute approximate surface area is 207 Å². The van der Waals surface area contributed by atoms with Gasteiger partial charge < -0.3 is 20.4 Å². The predicted octanol–water partition coefficient (Wildman–Crippen LogP) is 3.92. The number of hydrogen-bond acceptors (Lipinski definition) is 3. The number of carbonyl (C=O) groups excluding carboxylic acids is 1. The normalized spacial score (nSPS) is 17.0. The van der Waals surface area contributed by atoms with Gasteiger partial charge in [0.05, 0.1) is 6.04 Å². The molecule has 2 atom stereocenters. The Balaban J connectivity index is 0.00000341. The van der Waals surface area contributed by atoms with Crippen LogP contribution in [0.25, 0.3) is 0 Å². The summed E-state index contributed by atoms with van der Waals surface area (Å²) in [6.07, 6.45) is 0.991. The van der Waals surface area contributed by atoms with E-state index >= 15 is 0 Å². The van der Waals surface area contributed by atoms with E-state index < -0.39 is 0 Å². The maximum atomic E-state index is 12.0. The molecule has 2 N–H and O–H groups in total. The van der Waals surface area contributed by atoms with Crippen molar-refractivity contribution in [2.24, 2.45) is 4.99 Å². The predicted molar refractivity (Wildman–Crippen MR) is 140 cm³/mol. The molecule has 1 saturated heterocycles. The number of nitrogens with zero attached hydrogens (tertiary/aromatic N) is 3. The summed E-state index contributed by atoms with van der Waals surface area (Å²) in [6, 6.07) is 18.4. The monoisotopic (exact) mass is 555 g/mol. The Morgan fingerprint density at radius 1 is 1.19 bits per heavy atom. The van der Waals surface area contributed by atoms with Gasteiger partial charge in [0.1, 0.15) is 6.54 Å². The van der Waals surface area contributed by atoms with Gasteiger partial charge in [0.25, 0.3) is 0 Å². The number of carbonyl (C=O) groups is 1. The average Bonchev–Trinajstić information content (AvgIpc) is 3.21. The van der Waals surface area contributed by atoms with Crippen LogP contribution in [0.4, 0.5) is 5.69 Å². The van der Waals surface area contributed by atoms with Crippen molar-refractivity contribution in [3.63, 3.8) is 0 Å². The molecule has 0 radical (unpaired) electrons. The minimum absolute atomic E-state index is 0. The number of guanidine groups is 1. The van der Waals surface area contributed by atoms with E-state index in [2.05, 4.69) is 39.6 Å². The van der Waals surface area contributed by atoms with Crippen LogP contribution in [0.2, 0.25) is 5.02 Å². The van der Waals surface area contributed by atoms with Crippen LogP contribution in [0.1, 0.15) is 24.9 Å². The second kappa shape index (κ2) is 12.1. The number of aliphatic imine (C=N–C) groups is 1. The van der Waals surface area contributed by atoms with Gasteiger partial charge in [-0.25, -0.2) is 4.99 Å². The van der Waals surface area contributed by atoms with Crippen LogP contribution in [0.5, 0.6) is 0 Å². The summed E-state index contributed by atoms with van der Waals surface area (Å²) in [5.74, 6) is 0.627. The standard InChI is InChI=1S/C23H30ClN5O.HI/c1-17(18-7-5-4-6-8-18)26-23(25-15-22(30)28(2)3)27-20-13-14-29(16-20)21-11-9-19(24)10-12-21;/h4-12,17,20H,13-16H2,1-3H3,(H2,25,26,27);1H. The summed E-state index contributed by atoms with van der Waals surface area (Å²) in [4.78, 5) is 20.5. The molecule has 3 rings (SSSR count). The summed E-state index contributed by atoms with van der Waals surface area (Å²) >= 11 is 6.01. The first-order valence-corrected chi connectivity index (χ1v) is 10.6. The first-order chi connectivity index (χ1) is 14.4. The average molecular weight is 556 g/mol. The van der Waals surface area contributed by atoms with E-state index in [0.29, 0.717) is 5.96 Å². The fourth-order valence-electron chi connectivity index (χ4n) is 3.41. The topological polar surface area (TPSA) is 60.0 Å². The zero-order valence-electron chi connectivity index (χ0n) is 18.2. The van der Waals surface area contributed by atoms with Gasteiger partial charge in [0.2, 0.25) is 5.91 Å². The van der Waals surface area contributed by atoms with Crippen LogP contribution in [0, 0.1) is 0 Å². The molecule has 2 unspecified atom stereocenters. The smallest absolute Gasteiger partial charge is 0.243 e. The molecular formula is C23H31ClIN5O. The number of amides is 1. The van der Waals surface area contributed by atoms with E-state index in [1.54, 1.807) is 19.0 Å². The number of nitrogens with one attached hydrogen (secondary N) is 2. The lowest BCUT2D eigenvalue weighted by Gasteiger charge is -2.23. The van der Waals surface area contributed by atoms with Crippen LogP contribution < -0.4 is 15.5 Å². The number of benzene rings is 2. The van der Waals surface area contributed by atoms with Gasteiger partial charge in [0, 0.05) is 43.9 Å². The van der Waals surface area contributed by atoms with Gasteiger partial charge >= 0.3 is 0 Å². The second-order valence-corrected chi connectivity index (χ2v) is 8.22. The van der Waals surface area contributed by atoms with Gasteiger partial charge in [-0.15, -0.1) is 24.0 Å². The minimum atomic E-state index is -0.0299. The number of hydrogen-bond donors (Lipinski definition) is 2. The first kappa shape index (κ1) is 25.3. The SMILES string of the molecule is CC(NC(=NCC(=O)N(C)C)NC1CCN(c2ccc(Cl)cc2)C1)c1ccccc1.I. The molecule has 168 valence electrons. The lowest BCUT2D eigenvalue weighted by Crippen LogP contribution is -2.46. The lowest BCUT2D eigenvalue weighted by molar-refractivity contribution is -0.127. The number of halogens is 2. The summed E-state index contributed by atoms with van der Waals surface area (Å²) in [6.45, 7) is 4.02. The highest BCUT2D eigenvalue weighted by Gasteiger charge is 2.24. The first-order valence-electron chi connectivity index (χ1n) is 10.3. The largest absolute Gasteiger partial charge is 0.369 e. The molecule has 1 aliphatic rings. The van der Waals surface area contributed by atoms with Crippen molar-refractivity contribution in [2.75, 3.05) is 38.6 Å². The van der Waals surface area contributed by atoms with Gasteiger partial charge in [-0.2, -0.15) is 0 Å². The summed E-state index contributed by atoms with van der Waals surface area (Å²) in [7, 11) is 3.48. The third kappa shape index (κ3) is 7.57. The summed E-state index contributed by atoms with van der Waals surface area (Å²) in [5, 5.41) is 7.71. The molecule has 1 fully saturated rings. The molecule has 0 saturated carbocycles. The Hall–Kier alpha value is -2.00.